The van der Waals surface area contributed by atoms with Crippen molar-refractivity contribution >= 4 is 17.5 Å². The molecular weight excluding hydrogens is 391 g/mol. The highest BCUT2D eigenvalue weighted by atomic mass is 19.1. The lowest BCUT2D eigenvalue weighted by atomic mass is 9.46. The maximum absolute atomic E-state index is 15.3. The molecule has 7 heteroatoms. The molecule has 4 aliphatic carbocycles. The van der Waals surface area contributed by atoms with E-state index < -0.39 is 47.1 Å². The van der Waals surface area contributed by atoms with E-state index in [4.69, 9.17) is 4.74 Å². The van der Waals surface area contributed by atoms with Crippen molar-refractivity contribution in [3.8, 4) is 0 Å². The first-order valence-electron chi connectivity index (χ1n) is 10.6. The first-order chi connectivity index (χ1) is 13.9. The number of allylic oxidation sites excluding steroid dienone is 4. The molecule has 8 atom stereocenters. The van der Waals surface area contributed by atoms with Crippen LogP contribution in [0.5, 0.6) is 0 Å². The Balaban J connectivity index is 1.70. The summed E-state index contributed by atoms with van der Waals surface area (Å²) in [6.45, 7) is 4.34. The van der Waals surface area contributed by atoms with E-state index in [1.165, 1.54) is 19.1 Å². The number of Topliss-reactive ketones (excluding diaryl/α,β-unsaturated/α-hetero) is 1. The summed E-state index contributed by atoms with van der Waals surface area (Å²) in [4.78, 5) is 35.8. The van der Waals surface area contributed by atoms with Gasteiger partial charge in [0.05, 0.1) is 6.10 Å². The molecule has 0 bridgehead atoms. The average Bonchev–Trinajstić information content (AvgIpc) is 2.93. The Labute approximate surface area is 175 Å². The Bertz CT molecular complexity index is 864. The van der Waals surface area contributed by atoms with Gasteiger partial charge in [-0.05, 0) is 55.2 Å². The van der Waals surface area contributed by atoms with Crippen LogP contribution in [0.15, 0.2) is 23.8 Å². The van der Waals surface area contributed by atoms with E-state index in [1.807, 2.05) is 6.92 Å². The minimum atomic E-state index is -1.74. The Hall–Kier alpha value is -1.86. The number of alkyl halides is 1. The molecule has 6 unspecified atom stereocenters. The SMILES string of the molecule is CC(=O)OCC(=O)[C@@]1(O)CCC2C3C[C@H](F)C4=CC(=O)C=CC4(C)C3C(O)CC21C. The van der Waals surface area contributed by atoms with Crippen LogP contribution in [0.1, 0.15) is 46.5 Å². The van der Waals surface area contributed by atoms with Crippen molar-refractivity contribution in [2.24, 2.45) is 28.6 Å². The summed E-state index contributed by atoms with van der Waals surface area (Å²) in [5, 5.41) is 22.6. The molecule has 4 aliphatic rings. The molecule has 6 nitrogen and oxygen atoms in total. The molecule has 164 valence electrons. The van der Waals surface area contributed by atoms with E-state index >= 15 is 4.39 Å². The summed E-state index contributed by atoms with van der Waals surface area (Å²) in [6, 6.07) is 0. The van der Waals surface area contributed by atoms with Crippen LogP contribution in [-0.2, 0) is 19.1 Å². The molecule has 0 amide bonds. The van der Waals surface area contributed by atoms with E-state index in [2.05, 4.69) is 0 Å². The lowest BCUT2D eigenvalue weighted by Crippen LogP contribution is -2.62. The first-order valence-corrected chi connectivity index (χ1v) is 10.6. The van der Waals surface area contributed by atoms with Crippen LogP contribution in [0.2, 0.25) is 0 Å². The summed E-state index contributed by atoms with van der Waals surface area (Å²) >= 11 is 0. The fraction of sp³-hybridized carbons (Fsp3) is 0.696. The van der Waals surface area contributed by atoms with Crippen LogP contribution in [0.3, 0.4) is 0 Å². The van der Waals surface area contributed by atoms with Gasteiger partial charge in [0.2, 0.25) is 5.78 Å². The van der Waals surface area contributed by atoms with Gasteiger partial charge in [0.1, 0.15) is 11.8 Å². The molecule has 30 heavy (non-hydrogen) atoms. The smallest absolute Gasteiger partial charge is 0.303 e. The van der Waals surface area contributed by atoms with Crippen LogP contribution in [0.4, 0.5) is 4.39 Å². The summed E-state index contributed by atoms with van der Waals surface area (Å²) in [7, 11) is 0. The van der Waals surface area contributed by atoms with E-state index in [1.54, 1.807) is 13.0 Å². The minimum absolute atomic E-state index is 0.152. The van der Waals surface area contributed by atoms with Crippen LogP contribution < -0.4 is 0 Å². The predicted octanol–water partition coefficient (Wildman–Crippen LogP) is 2.08. The monoisotopic (exact) mass is 420 g/mol. The molecule has 0 saturated heterocycles. The minimum Gasteiger partial charge on any atom is -0.458 e. The van der Waals surface area contributed by atoms with Crippen molar-refractivity contribution in [2.45, 2.75) is 64.3 Å². The molecular formula is C23H29FO6. The number of ketones is 2. The number of esters is 1. The number of carbonyl (C=O) groups excluding carboxylic acids is 3. The van der Waals surface area contributed by atoms with Crippen LogP contribution in [-0.4, -0.2) is 52.2 Å². The van der Waals surface area contributed by atoms with Crippen LogP contribution in [0.25, 0.3) is 0 Å². The number of fused-ring (bicyclic) bond motifs is 5. The van der Waals surface area contributed by atoms with Gasteiger partial charge in [0, 0.05) is 23.7 Å². The molecule has 0 aliphatic heterocycles. The second-order valence-electron chi connectivity index (χ2n) is 9.91. The van der Waals surface area contributed by atoms with Gasteiger partial charge in [0.15, 0.2) is 12.4 Å². The van der Waals surface area contributed by atoms with Gasteiger partial charge in [-0.1, -0.05) is 19.9 Å². The Kier molecular flexibility index (Phi) is 4.86. The van der Waals surface area contributed by atoms with Gasteiger partial charge in [-0.25, -0.2) is 4.39 Å². The molecule has 0 aromatic rings. The highest BCUT2D eigenvalue weighted by Gasteiger charge is 2.69. The van der Waals surface area contributed by atoms with Crippen molar-refractivity contribution in [2.75, 3.05) is 6.61 Å². The van der Waals surface area contributed by atoms with Crippen LogP contribution >= 0.6 is 0 Å². The molecule has 0 aromatic carbocycles. The lowest BCUT2D eigenvalue weighted by Gasteiger charge is -2.60. The number of hydrogen-bond acceptors (Lipinski definition) is 6. The normalized spacial score (nSPS) is 47.1. The number of carbonyl (C=O) groups is 3. The van der Waals surface area contributed by atoms with Crippen molar-refractivity contribution < 1.29 is 33.7 Å². The average molecular weight is 420 g/mol. The molecule has 0 spiro atoms. The van der Waals surface area contributed by atoms with Gasteiger partial charge in [-0.15, -0.1) is 0 Å². The molecule has 0 radical (unpaired) electrons. The fourth-order valence-electron chi connectivity index (χ4n) is 7.08. The van der Waals surface area contributed by atoms with E-state index in [0.29, 0.717) is 12.0 Å². The van der Waals surface area contributed by atoms with Gasteiger partial charge >= 0.3 is 5.97 Å². The highest BCUT2D eigenvalue weighted by Crippen LogP contribution is 2.67. The molecule has 4 rings (SSSR count). The van der Waals surface area contributed by atoms with Crippen molar-refractivity contribution in [3.05, 3.63) is 23.8 Å². The third-order valence-electron chi connectivity index (χ3n) is 8.50. The quantitative estimate of drug-likeness (QED) is 0.678. The van der Waals surface area contributed by atoms with Crippen molar-refractivity contribution in [1.82, 2.24) is 0 Å². The number of aliphatic hydroxyl groups excluding tert-OH is 1. The molecule has 3 fully saturated rings. The maximum Gasteiger partial charge on any atom is 0.303 e. The number of aliphatic hydroxyl groups is 2. The summed E-state index contributed by atoms with van der Waals surface area (Å²) in [5.41, 5.74) is -3.05. The van der Waals surface area contributed by atoms with Gasteiger partial charge in [-0.3, -0.25) is 14.4 Å². The van der Waals surface area contributed by atoms with Gasteiger partial charge in [0.25, 0.3) is 0 Å². The highest BCUT2D eigenvalue weighted by molar-refractivity contribution is 6.01. The standard InChI is InChI=1S/C23H29FO6/c1-12(25)30-11-19(28)23(29)7-5-15-14-9-17(24)16-8-13(26)4-6-21(16,2)20(14)18(27)10-22(15,23)3/h4,6,8,14-15,17-18,20,27,29H,5,7,9-11H2,1-3H3/t14?,15?,17-,18?,20?,21?,22?,23-/m0/s1. The summed E-state index contributed by atoms with van der Waals surface area (Å²) < 4.78 is 20.1. The molecule has 0 aromatic heterocycles. The third-order valence-corrected chi connectivity index (χ3v) is 8.50. The zero-order chi connectivity index (χ0) is 22.1. The van der Waals surface area contributed by atoms with Gasteiger partial charge in [-0.2, -0.15) is 0 Å². The van der Waals surface area contributed by atoms with Crippen molar-refractivity contribution in [1.29, 1.82) is 0 Å². The molecule has 3 saturated carbocycles. The fourth-order valence-corrected chi connectivity index (χ4v) is 7.08. The number of rotatable bonds is 3. The first kappa shape index (κ1) is 21.4. The molecule has 0 heterocycles. The van der Waals surface area contributed by atoms with E-state index in [-0.39, 0.29) is 42.8 Å². The third kappa shape index (κ3) is 2.78. The Morgan fingerprint density at radius 1 is 1.33 bits per heavy atom. The second-order valence-corrected chi connectivity index (χ2v) is 9.91. The lowest BCUT2D eigenvalue weighted by molar-refractivity contribution is -0.183. The van der Waals surface area contributed by atoms with Crippen molar-refractivity contribution in [3.63, 3.8) is 0 Å². The zero-order valence-corrected chi connectivity index (χ0v) is 17.6. The number of hydrogen-bond donors (Lipinski definition) is 2. The summed E-state index contributed by atoms with van der Waals surface area (Å²) in [6.07, 6.45) is 3.37. The molecule has 2 N–H and O–H groups in total. The zero-order valence-electron chi connectivity index (χ0n) is 17.6. The Morgan fingerprint density at radius 3 is 2.70 bits per heavy atom. The predicted molar refractivity (Wildman–Crippen MR) is 105 cm³/mol. The largest absolute Gasteiger partial charge is 0.458 e. The van der Waals surface area contributed by atoms with Gasteiger partial charge < -0.3 is 14.9 Å². The van der Waals surface area contributed by atoms with Crippen LogP contribution in [0, 0.1) is 28.6 Å². The second kappa shape index (κ2) is 6.82. The Morgan fingerprint density at radius 2 is 2.03 bits per heavy atom. The number of ether oxygens (including phenoxy) is 1. The summed E-state index contributed by atoms with van der Waals surface area (Å²) in [5.74, 6) is -2.14. The number of halogens is 1. The topological polar surface area (TPSA) is 101 Å². The van der Waals surface area contributed by atoms with E-state index in [9.17, 15) is 24.6 Å². The maximum atomic E-state index is 15.3. The van der Waals surface area contributed by atoms with E-state index in [0.717, 1.165) is 0 Å².